The van der Waals surface area contributed by atoms with Crippen molar-refractivity contribution in [2.24, 2.45) is 0 Å². The van der Waals surface area contributed by atoms with Crippen LogP contribution in [0.3, 0.4) is 0 Å². The summed E-state index contributed by atoms with van der Waals surface area (Å²) in [6, 6.07) is 13.4. The van der Waals surface area contributed by atoms with Gasteiger partial charge in [-0.25, -0.2) is 4.39 Å². The lowest BCUT2D eigenvalue weighted by Gasteiger charge is -2.39. The van der Waals surface area contributed by atoms with Crippen LogP contribution in [-0.2, 0) is 20.8 Å². The summed E-state index contributed by atoms with van der Waals surface area (Å²) < 4.78 is 14.1. The van der Waals surface area contributed by atoms with Gasteiger partial charge in [-0.05, 0) is 30.2 Å². The second-order valence-corrected chi connectivity index (χ2v) is 8.87. The number of hydrogen-bond donors (Lipinski definition) is 2. The molecule has 0 aromatic heterocycles. The number of piperazine rings is 2. The minimum Gasteiger partial charge on any atom is -0.367 e. The average molecular weight is 482 g/mol. The summed E-state index contributed by atoms with van der Waals surface area (Å²) in [6.07, 6.45) is 0.672. The van der Waals surface area contributed by atoms with E-state index in [1.807, 2.05) is 47.1 Å². The fourth-order valence-corrected chi connectivity index (χ4v) is 4.68. The molecule has 9 heteroatoms. The maximum absolute atomic E-state index is 14.1. The number of carbonyl (C=O) groups excluding carboxylic acids is 3. The summed E-state index contributed by atoms with van der Waals surface area (Å²) in [4.78, 5) is 44.1. The van der Waals surface area contributed by atoms with Crippen LogP contribution in [0.25, 0.3) is 0 Å². The fraction of sp³-hybridized carbons (Fsp3) is 0.423. The third-order valence-electron chi connectivity index (χ3n) is 6.63. The van der Waals surface area contributed by atoms with Crippen LogP contribution >= 0.6 is 0 Å². The van der Waals surface area contributed by atoms with Crippen LogP contribution in [0.2, 0.25) is 0 Å². The molecule has 2 heterocycles. The molecule has 1 atom stereocenters. The predicted octanol–water partition coefficient (Wildman–Crippen LogP) is 1.87. The predicted molar refractivity (Wildman–Crippen MR) is 133 cm³/mol. The van der Waals surface area contributed by atoms with Crippen molar-refractivity contribution in [3.8, 4) is 0 Å². The number of amides is 3. The van der Waals surface area contributed by atoms with Gasteiger partial charge in [0, 0.05) is 45.0 Å². The van der Waals surface area contributed by atoms with Gasteiger partial charge in [-0.2, -0.15) is 0 Å². The first-order chi connectivity index (χ1) is 17.0. The number of aryl methyl sites for hydroxylation is 1. The first-order valence-corrected chi connectivity index (χ1v) is 12.1. The van der Waals surface area contributed by atoms with Crippen molar-refractivity contribution in [1.82, 2.24) is 15.1 Å². The van der Waals surface area contributed by atoms with Gasteiger partial charge in [0.25, 0.3) is 0 Å². The molecule has 2 aromatic rings. The number of nitrogens with one attached hydrogen (secondary N) is 2. The number of hydrogen-bond acceptors (Lipinski definition) is 5. The number of benzene rings is 2. The molecule has 2 aromatic carbocycles. The Morgan fingerprint density at radius 1 is 1.03 bits per heavy atom. The Kier molecular flexibility index (Phi) is 7.97. The van der Waals surface area contributed by atoms with Crippen LogP contribution < -0.4 is 15.5 Å². The highest BCUT2D eigenvalue weighted by atomic mass is 19.1. The van der Waals surface area contributed by atoms with E-state index in [1.165, 1.54) is 11.0 Å². The van der Waals surface area contributed by atoms with E-state index >= 15 is 0 Å². The molecular weight excluding hydrogens is 449 g/mol. The average Bonchev–Trinajstić information content (AvgIpc) is 2.86. The van der Waals surface area contributed by atoms with Gasteiger partial charge in [-0.15, -0.1) is 0 Å². The SMILES string of the molecule is CCc1ccccc1NC(=O)C[C@H]1C(=O)NCCN1C(=O)CN1CCN(c2ccccc2F)CC1. The van der Waals surface area contributed by atoms with Crippen LogP contribution in [0.15, 0.2) is 48.5 Å². The van der Waals surface area contributed by atoms with Crippen LogP contribution in [0.1, 0.15) is 18.9 Å². The highest BCUT2D eigenvalue weighted by Gasteiger charge is 2.35. The van der Waals surface area contributed by atoms with Crippen molar-refractivity contribution >= 4 is 29.1 Å². The van der Waals surface area contributed by atoms with Crippen LogP contribution in [0.5, 0.6) is 0 Å². The quantitative estimate of drug-likeness (QED) is 0.631. The molecule has 0 spiro atoms. The molecular formula is C26H32FN5O3. The van der Waals surface area contributed by atoms with E-state index in [0.717, 1.165) is 17.7 Å². The summed E-state index contributed by atoms with van der Waals surface area (Å²) in [5.41, 5.74) is 2.31. The maximum atomic E-state index is 14.1. The Bertz CT molecular complexity index is 1070. The lowest BCUT2D eigenvalue weighted by molar-refractivity contribution is -0.145. The maximum Gasteiger partial charge on any atom is 0.243 e. The molecule has 0 radical (unpaired) electrons. The lowest BCUT2D eigenvalue weighted by Crippen LogP contribution is -2.60. The van der Waals surface area contributed by atoms with Crippen molar-refractivity contribution in [3.05, 3.63) is 59.9 Å². The zero-order chi connectivity index (χ0) is 24.8. The smallest absolute Gasteiger partial charge is 0.243 e. The van der Waals surface area contributed by atoms with Crippen LogP contribution in [-0.4, -0.2) is 79.4 Å². The Morgan fingerprint density at radius 3 is 2.49 bits per heavy atom. The Balaban J connectivity index is 1.34. The van der Waals surface area contributed by atoms with E-state index in [2.05, 4.69) is 10.6 Å². The number of rotatable bonds is 7. The van der Waals surface area contributed by atoms with Crippen LogP contribution in [0.4, 0.5) is 15.8 Å². The third kappa shape index (κ3) is 5.97. The van der Waals surface area contributed by atoms with Gasteiger partial charge in [-0.3, -0.25) is 19.3 Å². The van der Waals surface area contributed by atoms with Gasteiger partial charge in [0.05, 0.1) is 18.7 Å². The molecule has 4 rings (SSSR count). The molecule has 0 aliphatic carbocycles. The normalized spacial score (nSPS) is 18.8. The summed E-state index contributed by atoms with van der Waals surface area (Å²) in [5.74, 6) is -1.04. The summed E-state index contributed by atoms with van der Waals surface area (Å²) >= 11 is 0. The number of nitrogens with zero attached hydrogens (tertiary/aromatic N) is 3. The molecule has 0 saturated carbocycles. The lowest BCUT2D eigenvalue weighted by atomic mass is 10.1. The van der Waals surface area contributed by atoms with E-state index < -0.39 is 6.04 Å². The zero-order valence-corrected chi connectivity index (χ0v) is 20.0. The highest BCUT2D eigenvalue weighted by Crippen LogP contribution is 2.21. The van der Waals surface area contributed by atoms with Gasteiger partial charge >= 0.3 is 0 Å². The molecule has 186 valence electrons. The van der Waals surface area contributed by atoms with Gasteiger partial charge in [0.1, 0.15) is 11.9 Å². The monoisotopic (exact) mass is 481 g/mol. The second-order valence-electron chi connectivity index (χ2n) is 8.87. The molecule has 2 aliphatic rings. The first-order valence-electron chi connectivity index (χ1n) is 12.1. The van der Waals surface area contributed by atoms with Crippen molar-refractivity contribution in [2.75, 3.05) is 56.0 Å². The Hall–Kier alpha value is -3.46. The molecule has 35 heavy (non-hydrogen) atoms. The third-order valence-corrected chi connectivity index (χ3v) is 6.63. The topological polar surface area (TPSA) is 85.0 Å². The molecule has 2 aliphatic heterocycles. The van der Waals surface area contributed by atoms with Gasteiger partial charge < -0.3 is 20.4 Å². The number of anilines is 2. The van der Waals surface area contributed by atoms with Crippen molar-refractivity contribution in [1.29, 1.82) is 0 Å². The van der Waals surface area contributed by atoms with E-state index in [9.17, 15) is 18.8 Å². The van der Waals surface area contributed by atoms with E-state index in [-0.39, 0.29) is 36.5 Å². The number of carbonyl (C=O) groups is 3. The van der Waals surface area contributed by atoms with Gasteiger partial charge in [-0.1, -0.05) is 37.3 Å². The van der Waals surface area contributed by atoms with Gasteiger partial charge in [0.2, 0.25) is 17.7 Å². The number of para-hydroxylation sites is 2. The minimum atomic E-state index is -0.843. The summed E-state index contributed by atoms with van der Waals surface area (Å²) in [5, 5.41) is 5.66. The van der Waals surface area contributed by atoms with Gasteiger partial charge in [0.15, 0.2) is 0 Å². The standard InChI is InChI=1S/C26H32FN5O3/c1-2-19-7-3-5-9-21(19)29-24(33)17-23-26(35)28-11-12-32(23)25(34)18-30-13-15-31(16-14-30)22-10-6-4-8-20(22)27/h3-10,23H,2,11-18H2,1H3,(H,28,35)(H,29,33)/t23-/m0/s1. The fourth-order valence-electron chi connectivity index (χ4n) is 4.68. The van der Waals surface area contributed by atoms with Crippen molar-refractivity contribution in [2.45, 2.75) is 25.8 Å². The van der Waals surface area contributed by atoms with E-state index in [0.29, 0.717) is 45.0 Å². The summed E-state index contributed by atoms with van der Waals surface area (Å²) in [7, 11) is 0. The molecule has 2 saturated heterocycles. The van der Waals surface area contributed by atoms with E-state index in [1.54, 1.807) is 12.1 Å². The first kappa shape index (κ1) is 24.7. The Labute approximate surface area is 205 Å². The summed E-state index contributed by atoms with van der Waals surface area (Å²) in [6.45, 7) is 5.34. The molecule has 8 nitrogen and oxygen atoms in total. The minimum absolute atomic E-state index is 0.101. The number of halogens is 1. The van der Waals surface area contributed by atoms with E-state index in [4.69, 9.17) is 0 Å². The molecule has 2 N–H and O–H groups in total. The van der Waals surface area contributed by atoms with Crippen molar-refractivity contribution in [3.63, 3.8) is 0 Å². The zero-order valence-electron chi connectivity index (χ0n) is 20.0. The highest BCUT2D eigenvalue weighted by molar-refractivity contribution is 5.98. The second kappa shape index (κ2) is 11.3. The molecule has 0 bridgehead atoms. The Morgan fingerprint density at radius 2 is 1.74 bits per heavy atom. The molecule has 2 fully saturated rings. The van der Waals surface area contributed by atoms with Crippen LogP contribution in [0, 0.1) is 5.82 Å². The van der Waals surface area contributed by atoms with Crippen molar-refractivity contribution < 1.29 is 18.8 Å². The largest absolute Gasteiger partial charge is 0.367 e. The molecule has 3 amide bonds. The molecule has 0 unspecified atom stereocenters.